The number of carbonyl (C=O) groups excluding carboxylic acids is 3. The number of hydrogen-bond acceptors (Lipinski definition) is 6. The third-order valence-corrected chi connectivity index (χ3v) is 5.15. The van der Waals surface area contributed by atoms with E-state index < -0.39 is 5.91 Å². The smallest absolute Gasteiger partial charge is 0.276 e. The van der Waals surface area contributed by atoms with Crippen LogP contribution in [0.3, 0.4) is 0 Å². The highest BCUT2D eigenvalue weighted by Crippen LogP contribution is 2.31. The zero-order valence-corrected chi connectivity index (χ0v) is 20.0. The summed E-state index contributed by atoms with van der Waals surface area (Å²) in [5.74, 6) is -0.275. The van der Waals surface area contributed by atoms with Crippen LogP contribution in [0.4, 0.5) is 5.95 Å². The van der Waals surface area contributed by atoms with Crippen LogP contribution in [0.1, 0.15) is 60.2 Å². The van der Waals surface area contributed by atoms with Gasteiger partial charge in [0.1, 0.15) is 17.0 Å². The lowest BCUT2D eigenvalue weighted by Gasteiger charge is -2.13. The highest BCUT2D eigenvalue weighted by Gasteiger charge is 2.21. The van der Waals surface area contributed by atoms with E-state index in [-0.39, 0.29) is 17.4 Å². The van der Waals surface area contributed by atoms with Gasteiger partial charge >= 0.3 is 0 Å². The van der Waals surface area contributed by atoms with Gasteiger partial charge < -0.3 is 20.4 Å². The molecule has 0 aliphatic carbocycles. The number of aryl methyl sites for hydroxylation is 3. The molecule has 0 atom stereocenters. The molecule has 3 amide bonds. The fraction of sp³-hybridized carbons (Fsp3) is 0.435. The minimum atomic E-state index is -0.608. The van der Waals surface area contributed by atoms with Gasteiger partial charge in [-0.15, -0.1) is 0 Å². The molecule has 0 saturated carbocycles. The Morgan fingerprint density at radius 3 is 2.59 bits per heavy atom. The second-order valence-electron chi connectivity index (χ2n) is 7.92. The van der Waals surface area contributed by atoms with E-state index in [1.54, 1.807) is 22.9 Å². The van der Waals surface area contributed by atoms with E-state index in [4.69, 9.17) is 10.5 Å². The van der Waals surface area contributed by atoms with Crippen LogP contribution in [-0.2, 0) is 17.9 Å². The van der Waals surface area contributed by atoms with Gasteiger partial charge in [-0.1, -0.05) is 6.92 Å². The van der Waals surface area contributed by atoms with Crippen LogP contribution in [0.5, 0.6) is 5.75 Å². The predicted molar refractivity (Wildman–Crippen MR) is 128 cm³/mol. The number of ether oxygens (including phenoxy) is 1. The molecule has 0 saturated heterocycles. The molecule has 0 radical (unpaired) electrons. The molecule has 2 aromatic heterocycles. The summed E-state index contributed by atoms with van der Waals surface area (Å²) in [6, 6.07) is 4.89. The Bertz CT molecular complexity index is 1210. The third kappa shape index (κ3) is 5.53. The number of hydrogen-bond donors (Lipinski definition) is 3. The average Bonchev–Trinajstić information content (AvgIpc) is 3.33. The Morgan fingerprint density at radius 2 is 1.94 bits per heavy atom. The highest BCUT2D eigenvalue weighted by molar-refractivity contribution is 6.04. The zero-order valence-electron chi connectivity index (χ0n) is 20.0. The Hall–Kier alpha value is -3.89. The van der Waals surface area contributed by atoms with Gasteiger partial charge in [-0.2, -0.15) is 5.10 Å². The number of benzene rings is 1. The number of nitrogens with two attached hydrogens (primary N) is 1. The van der Waals surface area contributed by atoms with Crippen molar-refractivity contribution in [2.75, 3.05) is 18.5 Å². The first kappa shape index (κ1) is 24.7. The van der Waals surface area contributed by atoms with Gasteiger partial charge in [0.25, 0.3) is 5.91 Å². The first-order chi connectivity index (χ1) is 16.2. The number of anilines is 1. The summed E-state index contributed by atoms with van der Waals surface area (Å²) in [7, 11) is 0. The molecule has 1 aromatic carbocycles. The summed E-state index contributed by atoms with van der Waals surface area (Å²) in [4.78, 5) is 40.6. The monoisotopic (exact) mass is 469 g/mol. The zero-order chi connectivity index (χ0) is 24.8. The summed E-state index contributed by atoms with van der Waals surface area (Å²) in [5, 5.41) is 9.93. The molecule has 2 heterocycles. The number of amides is 3. The minimum absolute atomic E-state index is 0.112. The van der Waals surface area contributed by atoms with Crippen molar-refractivity contribution in [2.24, 2.45) is 5.73 Å². The Labute approximate surface area is 197 Å². The van der Waals surface area contributed by atoms with E-state index in [0.717, 1.165) is 12.1 Å². The van der Waals surface area contributed by atoms with Crippen LogP contribution in [-0.4, -0.2) is 50.2 Å². The molecule has 4 N–H and O–H groups in total. The van der Waals surface area contributed by atoms with E-state index in [0.29, 0.717) is 61.1 Å². The summed E-state index contributed by atoms with van der Waals surface area (Å²) in [6.45, 7) is 9.11. The van der Waals surface area contributed by atoms with Gasteiger partial charge in [0.15, 0.2) is 0 Å². The standard InChI is InChI=1S/C23H31N7O4/c1-5-9-29-20-17(26-23(29)27-22(33)18-11-14(3)28-30(18)6-2)12-16(21(24)32)13-19(20)34-10-7-8-25-15(4)31/h11-13H,5-10H2,1-4H3,(H2,24,32)(H,25,31)(H,26,27,33). The van der Waals surface area contributed by atoms with Crippen LogP contribution in [0.25, 0.3) is 11.0 Å². The number of fused-ring (bicyclic) bond motifs is 1. The maximum atomic E-state index is 13.0. The number of nitrogens with zero attached hydrogens (tertiary/aromatic N) is 4. The predicted octanol–water partition coefficient (Wildman–Crippen LogP) is 2.23. The van der Waals surface area contributed by atoms with E-state index in [1.807, 2.05) is 25.3 Å². The summed E-state index contributed by atoms with van der Waals surface area (Å²) >= 11 is 0. The van der Waals surface area contributed by atoms with Crippen molar-refractivity contribution in [1.82, 2.24) is 24.6 Å². The topological polar surface area (TPSA) is 146 Å². The fourth-order valence-electron chi connectivity index (χ4n) is 3.67. The van der Waals surface area contributed by atoms with E-state index in [1.165, 1.54) is 6.92 Å². The maximum absolute atomic E-state index is 13.0. The highest BCUT2D eigenvalue weighted by atomic mass is 16.5. The quantitative estimate of drug-likeness (QED) is 0.367. The molecule has 0 bridgehead atoms. The molecule has 3 rings (SSSR count). The van der Waals surface area contributed by atoms with E-state index >= 15 is 0 Å². The molecule has 11 heteroatoms. The van der Waals surface area contributed by atoms with Crippen LogP contribution < -0.4 is 21.1 Å². The number of carbonyl (C=O) groups is 3. The molecule has 0 fully saturated rings. The Balaban J connectivity index is 1.98. The maximum Gasteiger partial charge on any atom is 0.276 e. The van der Waals surface area contributed by atoms with Crippen molar-refractivity contribution in [3.05, 3.63) is 35.2 Å². The number of nitrogens with one attached hydrogen (secondary N) is 2. The Morgan fingerprint density at radius 1 is 1.18 bits per heavy atom. The third-order valence-electron chi connectivity index (χ3n) is 5.15. The van der Waals surface area contributed by atoms with E-state index in [2.05, 4.69) is 20.7 Å². The van der Waals surface area contributed by atoms with Crippen LogP contribution in [0.2, 0.25) is 0 Å². The molecule has 182 valence electrons. The van der Waals surface area contributed by atoms with E-state index in [9.17, 15) is 14.4 Å². The molecule has 0 spiro atoms. The molecule has 34 heavy (non-hydrogen) atoms. The lowest BCUT2D eigenvalue weighted by atomic mass is 10.1. The van der Waals surface area contributed by atoms with Gasteiger partial charge in [0.05, 0.1) is 17.8 Å². The number of primary amides is 1. The summed E-state index contributed by atoms with van der Waals surface area (Å²) in [5.41, 5.74) is 8.09. The number of rotatable bonds is 11. The number of aromatic nitrogens is 4. The van der Waals surface area contributed by atoms with Crippen LogP contribution in [0, 0.1) is 6.92 Å². The molecule has 0 unspecified atom stereocenters. The lowest BCUT2D eigenvalue weighted by molar-refractivity contribution is -0.118. The average molecular weight is 470 g/mol. The second kappa shape index (κ2) is 10.8. The second-order valence-corrected chi connectivity index (χ2v) is 7.92. The van der Waals surface area contributed by atoms with Crippen LogP contribution >= 0.6 is 0 Å². The fourth-order valence-corrected chi connectivity index (χ4v) is 3.67. The molecule has 0 aliphatic rings. The molecular weight excluding hydrogens is 438 g/mol. The van der Waals surface area contributed by atoms with Gasteiger partial charge in [-0.05, 0) is 44.9 Å². The van der Waals surface area contributed by atoms with Crippen molar-refractivity contribution in [1.29, 1.82) is 0 Å². The van der Waals surface area contributed by atoms with Crippen molar-refractivity contribution in [2.45, 2.75) is 53.6 Å². The molecule has 0 aliphatic heterocycles. The van der Waals surface area contributed by atoms with Gasteiger partial charge in [-0.3, -0.25) is 24.4 Å². The SMILES string of the molecule is CCCn1c(NC(=O)c2cc(C)nn2CC)nc2cc(C(N)=O)cc(OCCCNC(C)=O)c21. The van der Waals surface area contributed by atoms with Crippen molar-refractivity contribution >= 4 is 34.7 Å². The summed E-state index contributed by atoms with van der Waals surface area (Å²) in [6.07, 6.45) is 1.35. The van der Waals surface area contributed by atoms with Gasteiger partial charge in [0.2, 0.25) is 17.8 Å². The normalized spacial score (nSPS) is 10.9. The van der Waals surface area contributed by atoms with Gasteiger partial charge in [-0.25, -0.2) is 4.98 Å². The Kier molecular flexibility index (Phi) is 7.87. The summed E-state index contributed by atoms with van der Waals surface area (Å²) < 4.78 is 9.47. The first-order valence-electron chi connectivity index (χ1n) is 11.3. The largest absolute Gasteiger partial charge is 0.491 e. The molecular formula is C23H31N7O4. The van der Waals surface area contributed by atoms with Crippen LogP contribution in [0.15, 0.2) is 18.2 Å². The minimum Gasteiger partial charge on any atom is -0.491 e. The van der Waals surface area contributed by atoms with Crippen molar-refractivity contribution in [3.63, 3.8) is 0 Å². The molecule has 3 aromatic rings. The lowest BCUT2D eigenvalue weighted by Crippen LogP contribution is -2.22. The van der Waals surface area contributed by atoms with Crippen molar-refractivity contribution in [3.8, 4) is 5.75 Å². The number of imidazole rings is 1. The van der Waals surface area contributed by atoms with Gasteiger partial charge in [0, 0.05) is 32.1 Å². The van der Waals surface area contributed by atoms with Crippen molar-refractivity contribution < 1.29 is 19.1 Å². The first-order valence-corrected chi connectivity index (χ1v) is 11.3. The molecule has 11 nitrogen and oxygen atoms in total.